The molecule has 0 saturated heterocycles. The third kappa shape index (κ3) is 25.1. The fourth-order valence-electron chi connectivity index (χ4n) is 5.25. The van der Waals surface area contributed by atoms with E-state index in [2.05, 4.69) is 18.7 Å². The lowest BCUT2D eigenvalue weighted by atomic mass is 10.0. The fraction of sp³-hybridized carbons (Fsp3) is 0.972. The van der Waals surface area contributed by atoms with Crippen LogP contribution < -0.4 is 0 Å². The molecule has 0 fully saturated rings. The number of carbonyl (C=O) groups is 1. The minimum absolute atomic E-state index is 0.249. The first kappa shape index (κ1) is 39.4. The number of ether oxygens (including phenoxy) is 2. The van der Waals surface area contributed by atoms with Crippen LogP contribution in [0.1, 0.15) is 189 Å². The second-order valence-corrected chi connectivity index (χ2v) is 13.6. The van der Waals surface area contributed by atoms with Gasteiger partial charge in [-0.2, -0.15) is 0 Å². The molecule has 0 unspecified atom stereocenters. The average Bonchev–Trinajstić information content (AvgIpc) is 2.92. The van der Waals surface area contributed by atoms with Crippen LogP contribution in [-0.4, -0.2) is 48.8 Å². The van der Waals surface area contributed by atoms with Crippen molar-refractivity contribution in [2.75, 3.05) is 26.8 Å². The van der Waals surface area contributed by atoms with Crippen molar-refractivity contribution >= 4 is 5.91 Å². The van der Waals surface area contributed by atoms with Crippen LogP contribution in [0.3, 0.4) is 0 Å². The normalized spacial score (nSPS) is 12.3. The highest BCUT2D eigenvalue weighted by Crippen LogP contribution is 2.21. The topological polar surface area (TPSA) is 38.8 Å². The number of methoxy groups -OCH3 is 1. The first-order chi connectivity index (χ1) is 19.2. The number of amides is 1. The van der Waals surface area contributed by atoms with Gasteiger partial charge in [-0.15, -0.1) is 0 Å². The molecule has 0 aromatic rings. The van der Waals surface area contributed by atoms with Crippen molar-refractivity contribution in [1.29, 1.82) is 0 Å². The van der Waals surface area contributed by atoms with E-state index >= 15 is 0 Å². The molecule has 0 aliphatic heterocycles. The van der Waals surface area contributed by atoms with Crippen LogP contribution >= 0.6 is 0 Å². The maximum absolute atomic E-state index is 13.4. The van der Waals surface area contributed by atoms with Crippen molar-refractivity contribution in [2.45, 2.75) is 200 Å². The summed E-state index contributed by atoms with van der Waals surface area (Å²) in [4.78, 5) is 15.5. The standard InChI is InChI=1S/C36H73NO3/c1-8-10-12-14-16-18-20-21-23-25-27-29-31-37(30-28-26-24-22-19-17-15-13-11-9-2)34(38)32-35(3,4)40-33-36(5,6)39-7/h8-33H2,1-7H3. The zero-order valence-electron chi connectivity index (χ0n) is 28.6. The molecule has 40 heavy (non-hydrogen) atoms. The molecule has 0 rings (SSSR count). The van der Waals surface area contributed by atoms with E-state index in [1.165, 1.54) is 128 Å². The van der Waals surface area contributed by atoms with Gasteiger partial charge in [0.2, 0.25) is 5.91 Å². The van der Waals surface area contributed by atoms with Crippen molar-refractivity contribution in [3.05, 3.63) is 0 Å². The lowest BCUT2D eigenvalue weighted by molar-refractivity contribution is -0.144. The molecule has 0 heterocycles. The summed E-state index contributed by atoms with van der Waals surface area (Å²) in [5.41, 5.74) is -0.829. The van der Waals surface area contributed by atoms with Crippen molar-refractivity contribution in [2.24, 2.45) is 0 Å². The minimum atomic E-state index is -0.487. The maximum Gasteiger partial charge on any atom is 0.225 e. The van der Waals surface area contributed by atoms with Crippen LogP contribution in [-0.2, 0) is 14.3 Å². The molecule has 0 spiro atoms. The molecular formula is C36H73NO3. The Labute approximate surface area is 252 Å². The van der Waals surface area contributed by atoms with E-state index in [4.69, 9.17) is 9.47 Å². The molecule has 0 N–H and O–H groups in total. The summed E-state index contributed by atoms with van der Waals surface area (Å²) >= 11 is 0. The summed E-state index contributed by atoms with van der Waals surface area (Å²) in [6, 6.07) is 0. The molecule has 0 bridgehead atoms. The molecular weight excluding hydrogens is 494 g/mol. The van der Waals surface area contributed by atoms with Gasteiger partial charge in [-0.25, -0.2) is 0 Å². The van der Waals surface area contributed by atoms with Crippen molar-refractivity contribution in [1.82, 2.24) is 4.90 Å². The Morgan fingerprint density at radius 3 is 1.18 bits per heavy atom. The first-order valence-corrected chi connectivity index (χ1v) is 17.6. The summed E-state index contributed by atoms with van der Waals surface area (Å²) in [7, 11) is 1.71. The third-order valence-electron chi connectivity index (χ3n) is 8.36. The number of carbonyl (C=O) groups excluding carboxylic acids is 1. The largest absolute Gasteiger partial charge is 0.376 e. The Kier molecular flexibility index (Phi) is 25.7. The van der Waals surface area contributed by atoms with Crippen LogP contribution in [0.25, 0.3) is 0 Å². The quantitative estimate of drug-likeness (QED) is 0.0810. The predicted molar refractivity (Wildman–Crippen MR) is 175 cm³/mol. The molecule has 0 saturated carbocycles. The lowest BCUT2D eigenvalue weighted by Gasteiger charge is -2.33. The van der Waals surface area contributed by atoms with E-state index in [-0.39, 0.29) is 11.5 Å². The molecule has 4 nitrogen and oxygen atoms in total. The van der Waals surface area contributed by atoms with Crippen molar-refractivity contribution in [3.63, 3.8) is 0 Å². The van der Waals surface area contributed by atoms with E-state index in [0.29, 0.717) is 13.0 Å². The van der Waals surface area contributed by atoms with Gasteiger partial charge in [0, 0.05) is 20.2 Å². The molecule has 1 amide bonds. The van der Waals surface area contributed by atoms with Gasteiger partial charge in [-0.05, 0) is 40.5 Å². The average molecular weight is 568 g/mol. The zero-order valence-corrected chi connectivity index (χ0v) is 28.6. The van der Waals surface area contributed by atoms with Gasteiger partial charge in [-0.3, -0.25) is 4.79 Å². The number of nitrogens with zero attached hydrogens (tertiary/aromatic N) is 1. The Morgan fingerprint density at radius 1 is 0.525 bits per heavy atom. The number of hydrogen-bond acceptors (Lipinski definition) is 3. The van der Waals surface area contributed by atoms with Crippen molar-refractivity contribution in [3.8, 4) is 0 Å². The second kappa shape index (κ2) is 26.1. The highest BCUT2D eigenvalue weighted by atomic mass is 16.5. The second-order valence-electron chi connectivity index (χ2n) is 13.6. The van der Waals surface area contributed by atoms with E-state index in [9.17, 15) is 4.79 Å². The minimum Gasteiger partial charge on any atom is -0.376 e. The van der Waals surface area contributed by atoms with E-state index in [1.807, 2.05) is 27.7 Å². The van der Waals surface area contributed by atoms with E-state index < -0.39 is 5.60 Å². The Balaban J connectivity index is 4.40. The van der Waals surface area contributed by atoms with Crippen LogP contribution in [0, 0.1) is 0 Å². The highest BCUT2D eigenvalue weighted by Gasteiger charge is 2.29. The Hall–Kier alpha value is -0.610. The molecule has 0 radical (unpaired) electrons. The van der Waals surface area contributed by atoms with Gasteiger partial charge in [0.1, 0.15) is 0 Å². The number of hydrogen-bond donors (Lipinski definition) is 0. The molecule has 0 aliphatic carbocycles. The Bertz CT molecular complexity index is 560. The molecule has 0 aromatic heterocycles. The van der Waals surface area contributed by atoms with Gasteiger partial charge >= 0.3 is 0 Å². The molecule has 0 atom stereocenters. The summed E-state index contributed by atoms with van der Waals surface area (Å²) < 4.78 is 11.7. The number of unbranched alkanes of at least 4 members (excludes halogenated alkanes) is 20. The van der Waals surface area contributed by atoms with Gasteiger partial charge in [0.05, 0.1) is 24.2 Å². The highest BCUT2D eigenvalue weighted by molar-refractivity contribution is 5.77. The fourth-order valence-corrected chi connectivity index (χ4v) is 5.25. The lowest BCUT2D eigenvalue weighted by Crippen LogP contribution is -2.41. The smallest absolute Gasteiger partial charge is 0.225 e. The predicted octanol–water partition coefficient (Wildman–Crippen LogP) is 11.0. The number of rotatable bonds is 30. The summed E-state index contributed by atoms with van der Waals surface area (Å²) in [6.07, 6.45) is 29.9. The summed E-state index contributed by atoms with van der Waals surface area (Å²) in [6.45, 7) is 15.0. The maximum atomic E-state index is 13.4. The molecule has 240 valence electrons. The zero-order chi connectivity index (χ0) is 30.0. The van der Waals surface area contributed by atoms with E-state index in [1.54, 1.807) is 7.11 Å². The van der Waals surface area contributed by atoms with Gasteiger partial charge in [-0.1, -0.05) is 142 Å². The first-order valence-electron chi connectivity index (χ1n) is 17.6. The third-order valence-corrected chi connectivity index (χ3v) is 8.36. The molecule has 4 heteroatoms. The molecule has 0 aliphatic rings. The monoisotopic (exact) mass is 568 g/mol. The van der Waals surface area contributed by atoms with Gasteiger partial charge < -0.3 is 14.4 Å². The SMILES string of the molecule is CCCCCCCCCCCCCCN(CCCCCCCCCCCC)C(=O)CC(C)(C)OCC(C)(C)OC. The van der Waals surface area contributed by atoms with Crippen LogP contribution in [0.15, 0.2) is 0 Å². The van der Waals surface area contributed by atoms with Crippen LogP contribution in [0.2, 0.25) is 0 Å². The van der Waals surface area contributed by atoms with Crippen molar-refractivity contribution < 1.29 is 14.3 Å². The molecule has 0 aromatic carbocycles. The summed E-state index contributed by atoms with van der Waals surface area (Å²) in [5.74, 6) is 0.249. The van der Waals surface area contributed by atoms with Gasteiger partial charge in [0.15, 0.2) is 0 Å². The summed E-state index contributed by atoms with van der Waals surface area (Å²) in [5, 5.41) is 0. The van der Waals surface area contributed by atoms with Crippen LogP contribution in [0.4, 0.5) is 0 Å². The Morgan fingerprint density at radius 2 is 0.850 bits per heavy atom. The van der Waals surface area contributed by atoms with Gasteiger partial charge in [0.25, 0.3) is 0 Å². The van der Waals surface area contributed by atoms with E-state index in [0.717, 1.165) is 25.9 Å². The van der Waals surface area contributed by atoms with Crippen LogP contribution in [0.5, 0.6) is 0 Å².